The zero-order valence-corrected chi connectivity index (χ0v) is 47.1. The van der Waals surface area contributed by atoms with Crippen molar-refractivity contribution in [1.82, 2.24) is 0 Å². The number of nitrogens with one attached hydrogen (secondary N) is 1. The van der Waals surface area contributed by atoms with Crippen LogP contribution in [-0.4, -0.2) is 97.0 Å². The van der Waals surface area contributed by atoms with Crippen molar-refractivity contribution < 1.29 is 103 Å². The molecule has 5 N–H and O–H groups in total. The van der Waals surface area contributed by atoms with Crippen molar-refractivity contribution in [3.63, 3.8) is 0 Å². The second-order valence-electron chi connectivity index (χ2n) is 20.7. The minimum atomic E-state index is -4.30. The summed E-state index contributed by atoms with van der Waals surface area (Å²) in [7, 11) is 0. The summed E-state index contributed by atoms with van der Waals surface area (Å²) in [5.41, 5.74) is 7.87. The van der Waals surface area contributed by atoms with Crippen LogP contribution in [0.25, 0.3) is 12.2 Å². The zero-order chi connectivity index (χ0) is 64.3. The molecule has 2 unspecified atom stereocenters. The third-order valence-electron chi connectivity index (χ3n) is 14.0. The first-order chi connectivity index (χ1) is 42.3. The lowest BCUT2D eigenvalue weighted by Crippen LogP contribution is -2.59. The van der Waals surface area contributed by atoms with Crippen molar-refractivity contribution >= 4 is 71.5 Å². The van der Waals surface area contributed by atoms with Gasteiger partial charge in [-0.2, -0.15) is 26.3 Å². The SMILES string of the molecule is Nc1ccc(CC(COC(=O)/C=C/c2ccc(OC(=O)c3ccc(OCCCC(F)(F)F)cc3)cc2)(COC(=O)/C=C/c2ccc(OC(=O)c3ccc(OCCCC(F)(F)F)cc3)cc2)Cc2ccc(NC(=O)C3C(C(=O)O)C(C=O)C3C(=O)O)cc2)cc1. The molecule has 0 bridgehead atoms. The number of aliphatic carboxylic acids is 2. The molecular weight excluding hydrogens is 1180 g/mol. The van der Waals surface area contributed by atoms with Crippen LogP contribution in [-0.2, 0) is 51.1 Å². The van der Waals surface area contributed by atoms with Gasteiger partial charge in [-0.15, -0.1) is 0 Å². The second kappa shape index (κ2) is 30.4. The standard InChI is InChI=1S/C65H58F6N2O16/c66-64(67,68)31-1-33-84-48-25-13-44(14-26-48)61(82)88-50-21-7-40(8-22-50)11-29-53(75)86-38-63(35-42-3-17-46(72)18-4-42,36-43-5-19-47(20-6-43)73-58(77)57-55(59(78)79)52(37-74)56(57)60(80)81)39-87-54(76)30-12-41-9-23-51(24-10-41)89-62(83)45-15-27-49(28-16-45)85-34-2-32-65(69,70)71/h3-30,37,52,55-57H,1-2,31-36,38-39,72H2,(H,73,77)(H,78,79)(H,80,81)/b29-11+,30-12+. The molecule has 24 heteroatoms. The lowest BCUT2D eigenvalue weighted by Gasteiger charge is -2.43. The van der Waals surface area contributed by atoms with Gasteiger partial charge in [-0.05, 0) is 157 Å². The van der Waals surface area contributed by atoms with E-state index in [2.05, 4.69) is 5.32 Å². The van der Waals surface area contributed by atoms with Gasteiger partial charge in [0.15, 0.2) is 0 Å². The van der Waals surface area contributed by atoms with E-state index in [-0.39, 0.29) is 98.2 Å². The molecule has 0 aromatic heterocycles. The van der Waals surface area contributed by atoms with Gasteiger partial charge >= 0.3 is 48.2 Å². The number of esters is 4. The number of hydrogen-bond donors (Lipinski definition) is 4. The summed E-state index contributed by atoms with van der Waals surface area (Å²) in [5.74, 6) is -12.3. The van der Waals surface area contributed by atoms with Crippen molar-refractivity contribution in [3.05, 3.63) is 191 Å². The van der Waals surface area contributed by atoms with Gasteiger partial charge in [0.1, 0.15) is 42.5 Å². The molecule has 0 spiro atoms. The molecule has 0 saturated heterocycles. The van der Waals surface area contributed by atoms with E-state index in [1.807, 2.05) is 0 Å². The molecule has 1 amide bonds. The van der Waals surface area contributed by atoms with E-state index in [1.165, 1.54) is 97.1 Å². The third kappa shape index (κ3) is 20.4. The number of anilines is 2. The Hall–Kier alpha value is -10.3. The molecule has 1 aliphatic carbocycles. The summed E-state index contributed by atoms with van der Waals surface area (Å²) >= 11 is 0. The summed E-state index contributed by atoms with van der Waals surface area (Å²) in [6, 6.07) is 36.3. The molecule has 18 nitrogen and oxygen atoms in total. The molecule has 2 atom stereocenters. The molecule has 89 heavy (non-hydrogen) atoms. The number of carboxylic acids is 2. The van der Waals surface area contributed by atoms with Gasteiger partial charge in [0.05, 0.1) is 42.1 Å². The van der Waals surface area contributed by atoms with Crippen LogP contribution in [0.3, 0.4) is 0 Å². The molecule has 0 heterocycles. The maximum atomic E-state index is 13.6. The number of carbonyl (C=O) groups excluding carboxylic acids is 6. The normalized spacial score (nSPS) is 15.7. The fourth-order valence-electron chi connectivity index (χ4n) is 9.45. The first kappa shape index (κ1) is 66.3. The van der Waals surface area contributed by atoms with Gasteiger partial charge in [-0.3, -0.25) is 14.4 Å². The number of carboxylic acid groups (broad SMARTS) is 2. The number of rotatable bonds is 29. The van der Waals surface area contributed by atoms with Crippen molar-refractivity contribution in [3.8, 4) is 23.0 Å². The van der Waals surface area contributed by atoms with E-state index >= 15 is 0 Å². The highest BCUT2D eigenvalue weighted by molar-refractivity contribution is 6.02. The summed E-state index contributed by atoms with van der Waals surface area (Å²) in [5, 5.41) is 22.0. The Morgan fingerprint density at radius 1 is 0.506 bits per heavy atom. The maximum Gasteiger partial charge on any atom is 0.389 e. The molecule has 1 aliphatic rings. The van der Waals surface area contributed by atoms with Crippen LogP contribution in [0.5, 0.6) is 23.0 Å². The average Bonchev–Trinajstić information content (AvgIpc) is 0.779. The van der Waals surface area contributed by atoms with E-state index in [4.69, 9.17) is 34.2 Å². The lowest BCUT2D eigenvalue weighted by atomic mass is 9.56. The first-order valence-electron chi connectivity index (χ1n) is 27.4. The number of alkyl halides is 6. The number of nitrogen functional groups attached to an aromatic ring is 1. The first-order valence-corrected chi connectivity index (χ1v) is 27.4. The van der Waals surface area contributed by atoms with Crippen LogP contribution in [0.4, 0.5) is 37.7 Å². The predicted octanol–water partition coefficient (Wildman–Crippen LogP) is 11.2. The highest BCUT2D eigenvalue weighted by atomic mass is 19.4. The summed E-state index contributed by atoms with van der Waals surface area (Å²) in [6.07, 6.45) is -5.53. The Labute approximate surface area is 504 Å². The predicted molar refractivity (Wildman–Crippen MR) is 308 cm³/mol. The number of ether oxygens (including phenoxy) is 6. The maximum absolute atomic E-state index is 13.6. The topological polar surface area (TPSA) is 270 Å². The zero-order valence-electron chi connectivity index (χ0n) is 47.1. The molecule has 1 saturated carbocycles. The highest BCUT2D eigenvalue weighted by Gasteiger charge is 2.61. The number of amides is 1. The number of halogens is 6. The Morgan fingerprint density at radius 2 is 0.888 bits per heavy atom. The van der Waals surface area contributed by atoms with Gasteiger partial charge in [0.25, 0.3) is 0 Å². The van der Waals surface area contributed by atoms with Crippen LogP contribution < -0.4 is 30.0 Å². The fraction of sp³-hybridized carbons (Fsp3) is 0.262. The van der Waals surface area contributed by atoms with E-state index in [0.29, 0.717) is 27.9 Å². The molecule has 0 aliphatic heterocycles. The van der Waals surface area contributed by atoms with E-state index in [0.717, 1.165) is 12.2 Å². The third-order valence-corrected chi connectivity index (χ3v) is 14.0. The average molecular weight is 1240 g/mol. The quantitative estimate of drug-likeness (QED) is 0.00646. The highest BCUT2D eigenvalue weighted by Crippen LogP contribution is 2.46. The molecule has 1 fully saturated rings. The molecule has 6 aromatic rings. The van der Waals surface area contributed by atoms with E-state index in [1.54, 1.807) is 60.7 Å². The van der Waals surface area contributed by atoms with E-state index < -0.39 is 96.0 Å². The Bertz CT molecular complexity index is 3330. The number of benzene rings is 6. The lowest BCUT2D eigenvalue weighted by molar-refractivity contribution is -0.176. The molecule has 7 rings (SSSR count). The van der Waals surface area contributed by atoms with Crippen molar-refractivity contribution in [2.24, 2.45) is 29.1 Å². The fourth-order valence-corrected chi connectivity index (χ4v) is 9.45. The Morgan fingerprint density at radius 3 is 1.26 bits per heavy atom. The van der Waals surface area contributed by atoms with Crippen molar-refractivity contribution in [2.75, 3.05) is 37.5 Å². The van der Waals surface area contributed by atoms with E-state index in [9.17, 15) is 74.9 Å². The second-order valence-corrected chi connectivity index (χ2v) is 20.7. The van der Waals surface area contributed by atoms with Gasteiger partial charge < -0.3 is 54.5 Å². The largest absolute Gasteiger partial charge is 0.494 e. The van der Waals surface area contributed by atoms with Crippen LogP contribution in [0.1, 0.15) is 68.7 Å². The van der Waals surface area contributed by atoms with Crippen LogP contribution in [0.2, 0.25) is 0 Å². The van der Waals surface area contributed by atoms with Crippen molar-refractivity contribution in [2.45, 2.75) is 50.9 Å². The summed E-state index contributed by atoms with van der Waals surface area (Å²) in [4.78, 5) is 102. The number of carbonyl (C=O) groups is 8. The number of aldehydes is 1. The van der Waals surface area contributed by atoms with Gasteiger partial charge in [-0.1, -0.05) is 48.5 Å². The van der Waals surface area contributed by atoms with Crippen molar-refractivity contribution in [1.29, 1.82) is 0 Å². The van der Waals surface area contributed by atoms with Crippen LogP contribution >= 0.6 is 0 Å². The minimum absolute atomic E-state index is 0.0400. The van der Waals surface area contributed by atoms with Crippen LogP contribution in [0, 0.1) is 29.1 Å². The molecule has 466 valence electrons. The monoisotopic (exact) mass is 1240 g/mol. The number of nitrogens with two attached hydrogens (primary N) is 1. The molecule has 0 radical (unpaired) electrons. The summed E-state index contributed by atoms with van der Waals surface area (Å²) < 4.78 is 108. The Balaban J connectivity index is 1.03. The number of hydrogen-bond acceptors (Lipinski definition) is 15. The van der Waals surface area contributed by atoms with Gasteiger partial charge in [0, 0.05) is 47.7 Å². The summed E-state index contributed by atoms with van der Waals surface area (Å²) in [6.45, 7) is -1.08. The molecule has 6 aromatic carbocycles. The Kier molecular flexibility index (Phi) is 22.6. The van der Waals surface area contributed by atoms with Gasteiger partial charge in [0.2, 0.25) is 5.91 Å². The van der Waals surface area contributed by atoms with Gasteiger partial charge in [-0.25, -0.2) is 19.2 Å². The molecular formula is C65H58F6N2O16. The van der Waals surface area contributed by atoms with Crippen LogP contribution in [0.15, 0.2) is 158 Å². The minimum Gasteiger partial charge on any atom is -0.494 e. The smallest absolute Gasteiger partial charge is 0.389 e.